The molecule has 9 nitrogen and oxygen atoms in total. The van der Waals surface area contributed by atoms with Gasteiger partial charge in [0.25, 0.3) is 5.69 Å². The van der Waals surface area contributed by atoms with Crippen molar-refractivity contribution in [1.29, 1.82) is 0 Å². The lowest BCUT2D eigenvalue weighted by molar-refractivity contribution is -0.384. The maximum atomic E-state index is 12.4. The number of anilines is 1. The SMILES string of the molecule is C=CCn1c(SCC(=O)Nc2ccc(Cl)c([N+](=O)[O-])c2)nnc1C(C)Oc1ccc(C(C)C)cc1. The molecule has 1 heterocycles. The zero-order valence-corrected chi connectivity index (χ0v) is 21.2. The van der Waals surface area contributed by atoms with E-state index in [1.54, 1.807) is 6.08 Å². The third-order valence-corrected chi connectivity index (χ3v) is 6.33. The van der Waals surface area contributed by atoms with Gasteiger partial charge in [-0.15, -0.1) is 16.8 Å². The zero-order valence-electron chi connectivity index (χ0n) is 19.6. The van der Waals surface area contributed by atoms with E-state index in [2.05, 4.69) is 35.9 Å². The summed E-state index contributed by atoms with van der Waals surface area (Å²) in [5.41, 5.74) is 1.23. The quantitative estimate of drug-likeness (QED) is 0.144. The molecule has 0 spiro atoms. The van der Waals surface area contributed by atoms with Crippen LogP contribution in [0.1, 0.15) is 44.2 Å². The van der Waals surface area contributed by atoms with Crippen LogP contribution in [-0.2, 0) is 11.3 Å². The largest absolute Gasteiger partial charge is 0.483 e. The first-order valence-electron chi connectivity index (χ1n) is 10.9. The molecule has 1 N–H and O–H groups in total. The van der Waals surface area contributed by atoms with E-state index < -0.39 is 4.92 Å². The molecule has 0 saturated carbocycles. The number of nitro benzene ring substituents is 1. The molecule has 0 fully saturated rings. The molecule has 184 valence electrons. The van der Waals surface area contributed by atoms with E-state index in [1.165, 1.54) is 35.5 Å². The number of carbonyl (C=O) groups excluding carboxylic acids is 1. The van der Waals surface area contributed by atoms with Gasteiger partial charge in [0.15, 0.2) is 17.1 Å². The number of allylic oxidation sites excluding steroid dienone is 1. The van der Waals surface area contributed by atoms with Gasteiger partial charge in [0.1, 0.15) is 10.8 Å². The fourth-order valence-electron chi connectivity index (χ4n) is 3.25. The molecule has 0 aliphatic heterocycles. The van der Waals surface area contributed by atoms with Crippen molar-refractivity contribution in [2.45, 2.75) is 44.5 Å². The first kappa shape index (κ1) is 26.2. The summed E-state index contributed by atoms with van der Waals surface area (Å²) in [4.78, 5) is 22.9. The van der Waals surface area contributed by atoms with Crippen LogP contribution in [0, 0.1) is 10.1 Å². The van der Waals surface area contributed by atoms with Gasteiger partial charge in [-0.25, -0.2) is 0 Å². The van der Waals surface area contributed by atoms with E-state index in [0.717, 1.165) is 5.75 Å². The standard InChI is InChI=1S/C24H26ClN5O4S/c1-5-12-29-23(16(4)34-19-9-6-17(7-10-19)15(2)3)27-28-24(29)35-14-22(31)26-18-8-11-20(25)21(13-18)30(32)33/h5-11,13,15-16H,1,12,14H2,2-4H3,(H,26,31). The highest BCUT2D eigenvalue weighted by atomic mass is 35.5. The number of hydrogen-bond donors (Lipinski definition) is 1. The van der Waals surface area contributed by atoms with Gasteiger partial charge in [0, 0.05) is 18.3 Å². The molecular formula is C24H26ClN5O4S. The highest BCUT2D eigenvalue weighted by Crippen LogP contribution is 2.28. The van der Waals surface area contributed by atoms with Crippen LogP contribution in [-0.4, -0.2) is 31.3 Å². The molecule has 1 unspecified atom stereocenters. The highest BCUT2D eigenvalue weighted by molar-refractivity contribution is 7.99. The Morgan fingerprint density at radius 3 is 2.60 bits per heavy atom. The number of amides is 1. The molecule has 0 aliphatic carbocycles. The Bertz CT molecular complexity index is 1210. The third-order valence-electron chi connectivity index (χ3n) is 5.04. The number of ether oxygens (including phenoxy) is 1. The minimum atomic E-state index is -0.603. The lowest BCUT2D eigenvalue weighted by atomic mass is 10.0. The number of hydrogen-bond acceptors (Lipinski definition) is 7. The Labute approximate surface area is 212 Å². The second kappa shape index (κ2) is 11.9. The minimum Gasteiger partial charge on any atom is -0.483 e. The molecule has 1 amide bonds. The summed E-state index contributed by atoms with van der Waals surface area (Å²) in [6.07, 6.45) is 1.33. The lowest BCUT2D eigenvalue weighted by Gasteiger charge is -2.16. The molecule has 11 heteroatoms. The number of nitrogens with zero attached hydrogens (tertiary/aromatic N) is 4. The maximum Gasteiger partial charge on any atom is 0.289 e. The highest BCUT2D eigenvalue weighted by Gasteiger charge is 2.20. The van der Waals surface area contributed by atoms with Crippen molar-refractivity contribution >= 4 is 40.6 Å². The summed E-state index contributed by atoms with van der Waals surface area (Å²) in [5, 5.41) is 22.7. The van der Waals surface area contributed by atoms with Gasteiger partial charge in [-0.1, -0.05) is 55.4 Å². The van der Waals surface area contributed by atoms with Crippen molar-refractivity contribution in [1.82, 2.24) is 14.8 Å². The van der Waals surface area contributed by atoms with Crippen molar-refractivity contribution in [3.63, 3.8) is 0 Å². The first-order chi connectivity index (χ1) is 16.7. The molecule has 3 aromatic rings. The molecule has 0 aliphatic rings. The van der Waals surface area contributed by atoms with Crippen LogP contribution >= 0.6 is 23.4 Å². The van der Waals surface area contributed by atoms with Gasteiger partial charge in [-0.2, -0.15) is 0 Å². The number of nitro groups is 1. The number of carbonyl (C=O) groups is 1. The Hall–Kier alpha value is -3.37. The average molecular weight is 516 g/mol. The van der Waals surface area contributed by atoms with E-state index in [-0.39, 0.29) is 34.2 Å². The average Bonchev–Trinajstić information content (AvgIpc) is 3.22. The molecule has 35 heavy (non-hydrogen) atoms. The Kier molecular flexibility index (Phi) is 8.89. The molecular weight excluding hydrogens is 490 g/mol. The molecule has 0 bridgehead atoms. The minimum absolute atomic E-state index is 0.000339. The van der Waals surface area contributed by atoms with E-state index in [4.69, 9.17) is 16.3 Å². The van der Waals surface area contributed by atoms with Crippen LogP contribution in [0.3, 0.4) is 0 Å². The van der Waals surface area contributed by atoms with Crippen LogP contribution < -0.4 is 10.1 Å². The number of aromatic nitrogens is 3. The second-order valence-electron chi connectivity index (χ2n) is 7.98. The van der Waals surface area contributed by atoms with Gasteiger partial charge in [-0.3, -0.25) is 19.5 Å². The van der Waals surface area contributed by atoms with Gasteiger partial charge in [0.05, 0.1) is 10.7 Å². The number of nitrogens with one attached hydrogen (secondary N) is 1. The summed E-state index contributed by atoms with van der Waals surface area (Å²) >= 11 is 7.01. The Balaban J connectivity index is 1.66. The van der Waals surface area contributed by atoms with Crippen molar-refractivity contribution in [3.05, 3.63) is 81.6 Å². The molecule has 1 aromatic heterocycles. The zero-order chi connectivity index (χ0) is 25.5. The fraction of sp³-hybridized carbons (Fsp3) is 0.292. The third kappa shape index (κ3) is 6.83. The van der Waals surface area contributed by atoms with Crippen LogP contribution in [0.5, 0.6) is 5.75 Å². The van der Waals surface area contributed by atoms with Gasteiger partial charge >= 0.3 is 0 Å². The van der Waals surface area contributed by atoms with Gasteiger partial charge in [-0.05, 0) is 42.7 Å². The molecule has 3 rings (SSSR count). The summed E-state index contributed by atoms with van der Waals surface area (Å²) in [5.74, 6) is 1.44. The normalized spacial score (nSPS) is 11.8. The van der Waals surface area contributed by atoms with Crippen molar-refractivity contribution < 1.29 is 14.5 Å². The number of halogens is 1. The molecule has 2 aromatic carbocycles. The van der Waals surface area contributed by atoms with Gasteiger partial charge in [0.2, 0.25) is 5.91 Å². The first-order valence-corrected chi connectivity index (χ1v) is 12.2. The predicted molar refractivity (Wildman–Crippen MR) is 137 cm³/mol. The topological polar surface area (TPSA) is 112 Å². The fourth-order valence-corrected chi connectivity index (χ4v) is 4.20. The number of benzene rings is 2. The lowest BCUT2D eigenvalue weighted by Crippen LogP contribution is -2.15. The van der Waals surface area contributed by atoms with Crippen LogP contribution in [0.2, 0.25) is 5.02 Å². The molecule has 0 saturated heterocycles. The summed E-state index contributed by atoms with van der Waals surface area (Å²) in [7, 11) is 0. The van der Waals surface area contributed by atoms with Crippen LogP contribution in [0.25, 0.3) is 0 Å². The summed E-state index contributed by atoms with van der Waals surface area (Å²) < 4.78 is 7.91. The monoisotopic (exact) mass is 515 g/mol. The van der Waals surface area contributed by atoms with Crippen molar-refractivity contribution in [3.8, 4) is 5.75 Å². The van der Waals surface area contributed by atoms with E-state index in [1.807, 2.05) is 35.8 Å². The summed E-state index contributed by atoms with van der Waals surface area (Å²) in [6.45, 7) is 10.4. The van der Waals surface area contributed by atoms with E-state index in [9.17, 15) is 14.9 Å². The van der Waals surface area contributed by atoms with Crippen LogP contribution in [0.15, 0.2) is 60.3 Å². The number of rotatable bonds is 11. The molecule has 1 atom stereocenters. The predicted octanol–water partition coefficient (Wildman–Crippen LogP) is 6.02. The smallest absolute Gasteiger partial charge is 0.289 e. The molecule has 0 radical (unpaired) electrons. The van der Waals surface area contributed by atoms with E-state index >= 15 is 0 Å². The summed E-state index contributed by atoms with van der Waals surface area (Å²) in [6, 6.07) is 12.0. The van der Waals surface area contributed by atoms with Gasteiger partial charge < -0.3 is 10.1 Å². The van der Waals surface area contributed by atoms with E-state index in [0.29, 0.717) is 23.4 Å². The van der Waals surface area contributed by atoms with Crippen molar-refractivity contribution in [2.75, 3.05) is 11.1 Å². The van der Waals surface area contributed by atoms with Crippen molar-refractivity contribution in [2.24, 2.45) is 0 Å². The maximum absolute atomic E-state index is 12.4. The second-order valence-corrected chi connectivity index (χ2v) is 9.33. The van der Waals surface area contributed by atoms with Crippen LogP contribution in [0.4, 0.5) is 11.4 Å². The Morgan fingerprint density at radius 1 is 1.26 bits per heavy atom. The Morgan fingerprint density at radius 2 is 1.97 bits per heavy atom. The number of thioether (sulfide) groups is 1.